The first-order valence-corrected chi connectivity index (χ1v) is 17.6. The normalized spacial score (nSPS) is 11.5. The topological polar surface area (TPSA) is 4.93 Å². The highest BCUT2D eigenvalue weighted by molar-refractivity contribution is 6.22. The molecule has 1 heterocycles. The molecule has 0 N–H and O–H groups in total. The fourth-order valence-corrected chi connectivity index (χ4v) is 8.14. The van der Waals surface area contributed by atoms with Crippen LogP contribution in [0.5, 0.6) is 0 Å². The van der Waals surface area contributed by atoms with Gasteiger partial charge in [0, 0.05) is 16.3 Å². The Balaban J connectivity index is 1.22. The van der Waals surface area contributed by atoms with Crippen LogP contribution in [-0.2, 0) is 0 Å². The summed E-state index contributed by atoms with van der Waals surface area (Å²) < 4.78 is 2.47. The summed E-state index contributed by atoms with van der Waals surface area (Å²) in [4.78, 5) is 0. The molecule has 0 atom stereocenters. The SMILES string of the molecule is c1ccc(-c2cccc(-c3ccc4c(c3)c3ccccc3n4-c3ccccc3-c3c4ccccc4c(-c4ccccc4)c4ccccc34)c2)cc1. The minimum Gasteiger partial charge on any atom is -0.309 e. The van der Waals surface area contributed by atoms with E-state index in [1.807, 2.05) is 0 Å². The first kappa shape index (κ1) is 29.2. The van der Waals surface area contributed by atoms with Crippen molar-refractivity contribution >= 4 is 43.4 Å². The van der Waals surface area contributed by atoms with E-state index in [1.165, 1.54) is 93.5 Å². The number of hydrogen-bond acceptors (Lipinski definition) is 0. The van der Waals surface area contributed by atoms with E-state index in [2.05, 4.69) is 205 Å². The van der Waals surface area contributed by atoms with Gasteiger partial charge in [-0.1, -0.05) is 170 Å². The molecule has 0 aliphatic heterocycles. The van der Waals surface area contributed by atoms with Crippen LogP contribution in [0, 0.1) is 0 Å². The summed E-state index contributed by atoms with van der Waals surface area (Å²) in [5.41, 5.74) is 13.4. The van der Waals surface area contributed by atoms with Crippen molar-refractivity contribution in [1.29, 1.82) is 0 Å². The number of nitrogens with zero attached hydrogens (tertiary/aromatic N) is 1. The number of hydrogen-bond donors (Lipinski definition) is 0. The van der Waals surface area contributed by atoms with Gasteiger partial charge in [-0.05, 0) is 90.8 Å². The standard InChI is InChI=1S/C50H33N/c1-3-16-34(17-4-1)36-20-15-21-37(32-36)38-30-31-48-45(33-38)39-22-11-13-28-46(39)51(48)47-29-14-12-27-44(47)50-42-25-9-7-23-40(42)49(35-18-5-2-6-19-35)41-24-8-10-26-43(41)50/h1-33H. The molecular weight excluding hydrogens is 615 g/mol. The summed E-state index contributed by atoms with van der Waals surface area (Å²) in [6.45, 7) is 0. The largest absolute Gasteiger partial charge is 0.309 e. The molecule has 1 nitrogen and oxygen atoms in total. The Bertz CT molecular complexity index is 2840. The number of para-hydroxylation sites is 2. The first-order chi connectivity index (χ1) is 25.3. The van der Waals surface area contributed by atoms with Gasteiger partial charge >= 0.3 is 0 Å². The summed E-state index contributed by atoms with van der Waals surface area (Å²) in [6.07, 6.45) is 0. The van der Waals surface area contributed by atoms with Crippen molar-refractivity contribution in [3.05, 3.63) is 200 Å². The first-order valence-electron chi connectivity index (χ1n) is 17.6. The Hall–Kier alpha value is -6.70. The number of aromatic nitrogens is 1. The van der Waals surface area contributed by atoms with E-state index in [9.17, 15) is 0 Å². The molecular formula is C50H33N. The van der Waals surface area contributed by atoms with E-state index in [-0.39, 0.29) is 0 Å². The third-order valence-electron chi connectivity index (χ3n) is 10.4. The molecule has 9 aromatic carbocycles. The van der Waals surface area contributed by atoms with Crippen molar-refractivity contribution < 1.29 is 0 Å². The molecule has 1 heteroatoms. The molecule has 0 amide bonds. The predicted molar refractivity (Wildman–Crippen MR) is 218 cm³/mol. The van der Waals surface area contributed by atoms with Gasteiger partial charge in [0.05, 0.1) is 16.7 Å². The van der Waals surface area contributed by atoms with Crippen molar-refractivity contribution in [2.45, 2.75) is 0 Å². The van der Waals surface area contributed by atoms with E-state index >= 15 is 0 Å². The summed E-state index contributed by atoms with van der Waals surface area (Å²) >= 11 is 0. The maximum absolute atomic E-state index is 2.47. The van der Waals surface area contributed by atoms with Crippen molar-refractivity contribution in [3.63, 3.8) is 0 Å². The molecule has 238 valence electrons. The molecule has 0 fully saturated rings. The second-order valence-electron chi connectivity index (χ2n) is 13.3. The number of fused-ring (bicyclic) bond motifs is 5. The maximum atomic E-state index is 2.47. The molecule has 0 spiro atoms. The van der Waals surface area contributed by atoms with Crippen LogP contribution in [0.15, 0.2) is 200 Å². The Morgan fingerprint density at radius 3 is 1.41 bits per heavy atom. The molecule has 0 saturated carbocycles. The van der Waals surface area contributed by atoms with Crippen molar-refractivity contribution in [2.24, 2.45) is 0 Å². The molecule has 1 aromatic heterocycles. The lowest BCUT2D eigenvalue weighted by atomic mass is 9.85. The van der Waals surface area contributed by atoms with Gasteiger partial charge in [0.2, 0.25) is 0 Å². The third kappa shape index (κ3) is 4.78. The highest BCUT2D eigenvalue weighted by atomic mass is 15.0. The third-order valence-corrected chi connectivity index (χ3v) is 10.4. The molecule has 0 bridgehead atoms. The van der Waals surface area contributed by atoms with Crippen molar-refractivity contribution in [2.75, 3.05) is 0 Å². The monoisotopic (exact) mass is 647 g/mol. The van der Waals surface area contributed by atoms with E-state index in [0.29, 0.717) is 0 Å². The van der Waals surface area contributed by atoms with Gasteiger partial charge in [-0.2, -0.15) is 0 Å². The fourth-order valence-electron chi connectivity index (χ4n) is 8.14. The zero-order valence-corrected chi connectivity index (χ0v) is 28.0. The molecule has 10 rings (SSSR count). The lowest BCUT2D eigenvalue weighted by Crippen LogP contribution is -1.98. The van der Waals surface area contributed by atoms with E-state index in [1.54, 1.807) is 0 Å². The zero-order chi connectivity index (χ0) is 33.7. The van der Waals surface area contributed by atoms with Gasteiger partial charge < -0.3 is 4.57 Å². The average Bonchev–Trinajstić information content (AvgIpc) is 3.54. The summed E-state index contributed by atoms with van der Waals surface area (Å²) in [7, 11) is 0. The van der Waals surface area contributed by atoms with Gasteiger partial charge in [0.15, 0.2) is 0 Å². The fraction of sp³-hybridized carbons (Fsp3) is 0. The lowest BCUT2D eigenvalue weighted by molar-refractivity contribution is 1.18. The summed E-state index contributed by atoms with van der Waals surface area (Å²) in [6, 6.07) is 72.9. The number of benzene rings is 9. The number of rotatable bonds is 5. The highest BCUT2D eigenvalue weighted by Gasteiger charge is 2.21. The predicted octanol–water partition coefficient (Wildman–Crippen LogP) is 13.8. The van der Waals surface area contributed by atoms with Gasteiger partial charge in [-0.3, -0.25) is 0 Å². The molecule has 51 heavy (non-hydrogen) atoms. The van der Waals surface area contributed by atoms with Crippen LogP contribution in [0.1, 0.15) is 0 Å². The highest BCUT2D eigenvalue weighted by Crippen LogP contribution is 2.46. The van der Waals surface area contributed by atoms with Gasteiger partial charge in [-0.25, -0.2) is 0 Å². The van der Waals surface area contributed by atoms with Crippen LogP contribution in [-0.4, -0.2) is 4.57 Å². The molecule has 10 aromatic rings. The van der Waals surface area contributed by atoms with Gasteiger partial charge in [-0.15, -0.1) is 0 Å². The Morgan fingerprint density at radius 2 is 0.725 bits per heavy atom. The molecule has 0 aliphatic rings. The van der Waals surface area contributed by atoms with E-state index in [0.717, 1.165) is 0 Å². The van der Waals surface area contributed by atoms with Crippen LogP contribution in [0.4, 0.5) is 0 Å². The molecule has 0 saturated heterocycles. The maximum Gasteiger partial charge on any atom is 0.0541 e. The lowest BCUT2D eigenvalue weighted by Gasteiger charge is -2.20. The second-order valence-corrected chi connectivity index (χ2v) is 13.3. The van der Waals surface area contributed by atoms with E-state index in [4.69, 9.17) is 0 Å². The Morgan fingerprint density at radius 1 is 0.255 bits per heavy atom. The Labute approximate surface area is 297 Å². The molecule has 0 aliphatic carbocycles. The van der Waals surface area contributed by atoms with Crippen LogP contribution in [0.2, 0.25) is 0 Å². The van der Waals surface area contributed by atoms with Crippen molar-refractivity contribution in [3.8, 4) is 50.2 Å². The molecule has 0 radical (unpaired) electrons. The summed E-state index contributed by atoms with van der Waals surface area (Å²) in [5.74, 6) is 0. The van der Waals surface area contributed by atoms with E-state index < -0.39 is 0 Å². The second kappa shape index (κ2) is 12.0. The Kier molecular flexibility index (Phi) is 6.89. The van der Waals surface area contributed by atoms with Crippen LogP contribution >= 0.6 is 0 Å². The minimum atomic E-state index is 1.17. The zero-order valence-electron chi connectivity index (χ0n) is 28.0. The average molecular weight is 648 g/mol. The van der Waals surface area contributed by atoms with Gasteiger partial charge in [0.1, 0.15) is 0 Å². The van der Waals surface area contributed by atoms with Crippen LogP contribution in [0.25, 0.3) is 93.5 Å². The quantitative estimate of drug-likeness (QED) is 0.164. The smallest absolute Gasteiger partial charge is 0.0541 e. The van der Waals surface area contributed by atoms with Crippen molar-refractivity contribution in [1.82, 2.24) is 4.57 Å². The van der Waals surface area contributed by atoms with Gasteiger partial charge in [0.25, 0.3) is 0 Å². The molecule has 0 unspecified atom stereocenters. The van der Waals surface area contributed by atoms with Crippen LogP contribution in [0.3, 0.4) is 0 Å². The minimum absolute atomic E-state index is 1.17. The summed E-state index contributed by atoms with van der Waals surface area (Å²) in [5, 5.41) is 7.52. The van der Waals surface area contributed by atoms with Crippen LogP contribution < -0.4 is 0 Å².